The van der Waals surface area contributed by atoms with Crippen LogP contribution in [0.3, 0.4) is 0 Å². The van der Waals surface area contributed by atoms with Gasteiger partial charge in [-0.3, -0.25) is 0 Å². The molecule has 0 bridgehead atoms. The zero-order valence-corrected chi connectivity index (χ0v) is 10.3. The van der Waals surface area contributed by atoms with Gasteiger partial charge in [0.15, 0.2) is 0 Å². The van der Waals surface area contributed by atoms with Gasteiger partial charge >= 0.3 is 0 Å². The first-order chi connectivity index (χ1) is 9.30. The van der Waals surface area contributed by atoms with Gasteiger partial charge in [-0.05, 0) is 18.4 Å². The van der Waals surface area contributed by atoms with E-state index in [1.165, 1.54) is 0 Å². The van der Waals surface area contributed by atoms with Crippen LogP contribution in [0.5, 0.6) is 0 Å². The predicted octanol–water partition coefficient (Wildman–Crippen LogP) is 2.35. The highest BCUT2D eigenvalue weighted by Gasteiger charge is 2.29. The van der Waals surface area contributed by atoms with E-state index in [1.54, 1.807) is 12.1 Å². The lowest BCUT2D eigenvalue weighted by atomic mass is 10.0. The Balaban J connectivity index is 2.20. The van der Waals surface area contributed by atoms with Crippen molar-refractivity contribution in [1.82, 2.24) is 5.32 Å². The van der Waals surface area contributed by atoms with Crippen molar-refractivity contribution in [3.05, 3.63) is 47.0 Å². The highest BCUT2D eigenvalue weighted by molar-refractivity contribution is 5.49. The summed E-state index contributed by atoms with van der Waals surface area (Å²) in [6.45, 7) is 0. The molecule has 4 heteroatoms. The second-order valence-corrected chi connectivity index (χ2v) is 4.38. The molecule has 1 aromatic rings. The van der Waals surface area contributed by atoms with E-state index in [0.29, 0.717) is 0 Å². The summed E-state index contributed by atoms with van der Waals surface area (Å²) in [5.41, 5.74) is 1.33. The van der Waals surface area contributed by atoms with E-state index in [4.69, 9.17) is 15.8 Å². The average Bonchev–Trinajstić information content (AvgIpc) is 2.95. The van der Waals surface area contributed by atoms with Crippen LogP contribution < -0.4 is 5.32 Å². The number of nitrogens with zero attached hydrogens (tertiary/aromatic N) is 3. The third-order valence-electron chi connectivity index (χ3n) is 3.31. The van der Waals surface area contributed by atoms with Crippen LogP contribution in [0.1, 0.15) is 24.4 Å². The average molecular weight is 248 g/mol. The number of nitrogens with one attached hydrogen (secondary N) is 1. The molecule has 4 nitrogen and oxygen atoms in total. The molecule has 92 valence electrons. The number of benzene rings is 1. The smallest absolute Gasteiger partial charge is 0.144 e. The lowest BCUT2D eigenvalue weighted by Crippen LogP contribution is -2.26. The van der Waals surface area contributed by atoms with Crippen molar-refractivity contribution in [3.8, 4) is 18.2 Å². The van der Waals surface area contributed by atoms with Crippen LogP contribution in [-0.2, 0) is 0 Å². The van der Waals surface area contributed by atoms with Crippen molar-refractivity contribution in [2.24, 2.45) is 0 Å². The maximum atomic E-state index is 9.13. The topological polar surface area (TPSA) is 83.4 Å². The Hall–Kier alpha value is -2.61. The van der Waals surface area contributed by atoms with E-state index >= 15 is 0 Å². The van der Waals surface area contributed by atoms with Crippen LogP contribution in [0.25, 0.3) is 0 Å². The van der Waals surface area contributed by atoms with Gasteiger partial charge in [-0.25, -0.2) is 0 Å². The fraction of sp³-hybridized carbons (Fsp3) is 0.267. The minimum Gasteiger partial charge on any atom is -0.302 e. The molecule has 0 amide bonds. The molecule has 2 atom stereocenters. The Morgan fingerprint density at radius 3 is 2.26 bits per heavy atom. The van der Waals surface area contributed by atoms with E-state index in [2.05, 4.69) is 5.32 Å². The molecule has 0 radical (unpaired) electrons. The summed E-state index contributed by atoms with van der Waals surface area (Å²) in [6.07, 6.45) is 1.65. The van der Waals surface area contributed by atoms with Gasteiger partial charge in [0.1, 0.15) is 17.7 Å². The van der Waals surface area contributed by atoms with Gasteiger partial charge in [0, 0.05) is 12.1 Å². The van der Waals surface area contributed by atoms with Crippen molar-refractivity contribution in [3.63, 3.8) is 0 Å². The molecule has 0 aliphatic carbocycles. The van der Waals surface area contributed by atoms with Gasteiger partial charge < -0.3 is 5.32 Å². The summed E-state index contributed by atoms with van der Waals surface area (Å²) < 4.78 is 0. The van der Waals surface area contributed by atoms with Crippen LogP contribution in [0, 0.1) is 34.0 Å². The van der Waals surface area contributed by atoms with E-state index in [-0.39, 0.29) is 23.2 Å². The van der Waals surface area contributed by atoms with Gasteiger partial charge in [-0.15, -0.1) is 0 Å². The van der Waals surface area contributed by atoms with Crippen LogP contribution in [0.4, 0.5) is 0 Å². The lowest BCUT2D eigenvalue weighted by molar-refractivity contribution is 0.604. The highest BCUT2D eigenvalue weighted by Crippen LogP contribution is 2.29. The fourth-order valence-corrected chi connectivity index (χ4v) is 2.37. The summed E-state index contributed by atoms with van der Waals surface area (Å²) in [7, 11) is 0. The Bertz CT molecular complexity index is 594. The molecule has 1 aliphatic heterocycles. The van der Waals surface area contributed by atoms with Gasteiger partial charge in [0.2, 0.25) is 0 Å². The number of allylic oxidation sites excluding steroid dienone is 1. The van der Waals surface area contributed by atoms with Gasteiger partial charge in [-0.1, -0.05) is 30.3 Å². The second-order valence-electron chi connectivity index (χ2n) is 4.38. The van der Waals surface area contributed by atoms with Crippen molar-refractivity contribution in [2.75, 3.05) is 0 Å². The first-order valence-corrected chi connectivity index (χ1v) is 6.05. The van der Waals surface area contributed by atoms with Gasteiger partial charge in [0.05, 0.1) is 11.6 Å². The summed E-state index contributed by atoms with van der Waals surface area (Å²) in [4.78, 5) is 0. The largest absolute Gasteiger partial charge is 0.302 e. The first kappa shape index (κ1) is 12.8. The number of nitriles is 3. The minimum absolute atomic E-state index is 0.0892. The zero-order valence-electron chi connectivity index (χ0n) is 10.3. The Morgan fingerprint density at radius 1 is 1.00 bits per heavy atom. The van der Waals surface area contributed by atoms with E-state index in [1.807, 2.05) is 36.4 Å². The molecule has 1 aliphatic rings. The molecule has 19 heavy (non-hydrogen) atoms. The van der Waals surface area contributed by atoms with Crippen molar-refractivity contribution < 1.29 is 0 Å². The third-order valence-corrected chi connectivity index (χ3v) is 3.31. The first-order valence-electron chi connectivity index (χ1n) is 6.05. The van der Waals surface area contributed by atoms with Crippen LogP contribution >= 0.6 is 0 Å². The number of hydrogen-bond donors (Lipinski definition) is 1. The van der Waals surface area contributed by atoms with Crippen molar-refractivity contribution >= 4 is 0 Å². The minimum atomic E-state index is -0.204. The molecule has 1 saturated heterocycles. The molecule has 0 aromatic heterocycles. The van der Waals surface area contributed by atoms with Crippen LogP contribution in [0.15, 0.2) is 41.5 Å². The Kier molecular flexibility index (Phi) is 3.94. The standard InChI is InChI=1S/C15H12N4/c16-8-12(9-17)13(10-18)15-7-6-14(19-15)11-4-2-1-3-5-11/h1-5,14-15,19H,6-7H2. The van der Waals surface area contributed by atoms with Crippen LogP contribution in [0.2, 0.25) is 0 Å². The number of rotatable bonds is 2. The van der Waals surface area contributed by atoms with Gasteiger partial charge in [-0.2, -0.15) is 15.8 Å². The Morgan fingerprint density at radius 2 is 1.68 bits per heavy atom. The predicted molar refractivity (Wildman–Crippen MR) is 69.2 cm³/mol. The molecular weight excluding hydrogens is 236 g/mol. The van der Waals surface area contributed by atoms with Crippen molar-refractivity contribution in [1.29, 1.82) is 15.8 Å². The monoisotopic (exact) mass is 248 g/mol. The number of hydrogen-bond acceptors (Lipinski definition) is 4. The lowest BCUT2D eigenvalue weighted by Gasteiger charge is -2.14. The maximum Gasteiger partial charge on any atom is 0.144 e. The highest BCUT2D eigenvalue weighted by atomic mass is 15.0. The van der Waals surface area contributed by atoms with E-state index in [9.17, 15) is 0 Å². The van der Waals surface area contributed by atoms with E-state index in [0.717, 1.165) is 18.4 Å². The maximum absolute atomic E-state index is 9.13. The summed E-state index contributed by atoms with van der Waals surface area (Å²) >= 11 is 0. The Labute approximate surface area is 112 Å². The summed E-state index contributed by atoms with van der Waals surface area (Å²) in [5.74, 6) is 0. The zero-order chi connectivity index (χ0) is 13.7. The van der Waals surface area contributed by atoms with E-state index < -0.39 is 0 Å². The quantitative estimate of drug-likeness (QED) is 0.814. The molecular formula is C15H12N4. The summed E-state index contributed by atoms with van der Waals surface area (Å²) in [6, 6.07) is 15.5. The summed E-state index contributed by atoms with van der Waals surface area (Å²) in [5, 5.41) is 30.2. The molecule has 2 rings (SSSR count). The van der Waals surface area contributed by atoms with Crippen LogP contribution in [-0.4, -0.2) is 6.04 Å². The third kappa shape index (κ3) is 2.63. The SMILES string of the molecule is N#CC(C#N)=C(C#N)C1CCC(c2ccccc2)N1. The molecule has 2 unspecified atom stereocenters. The van der Waals surface area contributed by atoms with Gasteiger partial charge in [0.25, 0.3) is 0 Å². The normalized spacial score (nSPS) is 20.9. The molecule has 1 aromatic carbocycles. The molecule has 0 spiro atoms. The molecule has 1 fully saturated rings. The fourth-order valence-electron chi connectivity index (χ4n) is 2.37. The molecule has 1 heterocycles. The molecule has 1 N–H and O–H groups in total. The second kappa shape index (κ2) is 5.83. The molecule has 0 saturated carbocycles. The van der Waals surface area contributed by atoms with Crippen molar-refractivity contribution in [2.45, 2.75) is 24.9 Å².